The fourth-order valence-electron chi connectivity index (χ4n) is 3.78. The summed E-state index contributed by atoms with van der Waals surface area (Å²) in [6, 6.07) is 10.9. The minimum absolute atomic E-state index is 0.162. The molecule has 7 heteroatoms. The molecular weight excluding hydrogens is 354 g/mol. The molecule has 1 atom stereocenters. The van der Waals surface area contributed by atoms with E-state index in [4.69, 9.17) is 0 Å². The van der Waals surface area contributed by atoms with E-state index in [9.17, 15) is 9.59 Å². The Bertz CT molecular complexity index is 1220. The molecule has 0 unspecified atom stereocenters. The molecule has 3 aromatic heterocycles. The maximum atomic E-state index is 12.8. The highest BCUT2D eigenvalue weighted by Gasteiger charge is 2.38. The second kappa shape index (κ2) is 6.23. The highest BCUT2D eigenvalue weighted by Crippen LogP contribution is 2.22. The summed E-state index contributed by atoms with van der Waals surface area (Å²) in [4.78, 5) is 34.2. The van der Waals surface area contributed by atoms with E-state index in [0.29, 0.717) is 12.1 Å². The number of benzene rings is 1. The summed E-state index contributed by atoms with van der Waals surface area (Å²) >= 11 is 0. The maximum Gasteiger partial charge on any atom is 0.325 e. The molecule has 0 saturated carbocycles. The number of para-hydroxylation sites is 1. The molecule has 1 aliphatic rings. The summed E-state index contributed by atoms with van der Waals surface area (Å²) in [5.41, 5.74) is 4.63. The zero-order valence-corrected chi connectivity index (χ0v) is 15.3. The first kappa shape index (κ1) is 16.6. The van der Waals surface area contributed by atoms with Gasteiger partial charge >= 0.3 is 6.03 Å². The number of fused-ring (bicyclic) bond motifs is 2. The number of nitrogens with zero attached hydrogens (tertiary/aromatic N) is 3. The van der Waals surface area contributed by atoms with Crippen LogP contribution in [0.2, 0.25) is 0 Å². The molecule has 0 spiro atoms. The van der Waals surface area contributed by atoms with Crippen LogP contribution in [-0.2, 0) is 17.8 Å². The van der Waals surface area contributed by atoms with E-state index in [0.717, 1.165) is 27.7 Å². The van der Waals surface area contributed by atoms with Crippen molar-refractivity contribution in [3.8, 4) is 0 Å². The van der Waals surface area contributed by atoms with Crippen LogP contribution >= 0.6 is 0 Å². The molecule has 0 radical (unpaired) electrons. The number of urea groups is 1. The third-order valence-electron chi connectivity index (χ3n) is 5.17. The van der Waals surface area contributed by atoms with Gasteiger partial charge in [0.05, 0.1) is 12.2 Å². The number of aromatic amines is 1. The zero-order chi connectivity index (χ0) is 19.3. The lowest BCUT2D eigenvalue weighted by atomic mass is 10.1. The van der Waals surface area contributed by atoms with Crippen LogP contribution in [0.4, 0.5) is 4.79 Å². The number of imide groups is 1. The van der Waals surface area contributed by atoms with Crippen LogP contribution in [0.1, 0.15) is 16.8 Å². The predicted molar refractivity (Wildman–Crippen MR) is 105 cm³/mol. The van der Waals surface area contributed by atoms with E-state index in [1.54, 1.807) is 0 Å². The number of H-pyrrole nitrogens is 1. The smallest absolute Gasteiger partial charge is 0.325 e. The Labute approximate surface area is 161 Å². The first-order valence-electron chi connectivity index (χ1n) is 9.19. The molecule has 28 heavy (non-hydrogen) atoms. The topological polar surface area (TPSA) is 82.5 Å². The summed E-state index contributed by atoms with van der Waals surface area (Å²) in [5, 5.41) is 3.88. The molecule has 4 aromatic rings. The van der Waals surface area contributed by atoms with Gasteiger partial charge < -0.3 is 14.7 Å². The van der Waals surface area contributed by atoms with Crippen molar-refractivity contribution >= 4 is 28.5 Å². The number of carbonyl (C=O) groups excluding carboxylic acids is 2. The van der Waals surface area contributed by atoms with Gasteiger partial charge in [-0.3, -0.25) is 9.69 Å². The second-order valence-corrected chi connectivity index (χ2v) is 7.19. The van der Waals surface area contributed by atoms with Crippen molar-refractivity contribution < 1.29 is 9.59 Å². The van der Waals surface area contributed by atoms with Crippen molar-refractivity contribution in [3.63, 3.8) is 0 Å². The van der Waals surface area contributed by atoms with Gasteiger partial charge in [-0.25, -0.2) is 9.78 Å². The predicted octanol–water partition coefficient (Wildman–Crippen LogP) is 2.79. The van der Waals surface area contributed by atoms with Crippen LogP contribution in [-0.4, -0.2) is 37.2 Å². The number of nitrogens with one attached hydrogen (secondary N) is 2. The standard InChI is InChI=1S/C21H19N5O2/c1-13-6-7-19-23-15(11-25(19)10-13)12-26-20(27)18(24-21(26)28)8-14-9-22-17-5-3-2-4-16(14)17/h2-7,9-11,18,22H,8,12H2,1H3,(H,24,28)/t18-/m1/s1. The molecule has 1 aliphatic heterocycles. The molecule has 0 aliphatic carbocycles. The van der Waals surface area contributed by atoms with Gasteiger partial charge in [-0.15, -0.1) is 0 Å². The fourth-order valence-corrected chi connectivity index (χ4v) is 3.78. The van der Waals surface area contributed by atoms with Crippen molar-refractivity contribution in [1.82, 2.24) is 24.6 Å². The lowest BCUT2D eigenvalue weighted by Gasteiger charge is -2.11. The Morgan fingerprint density at radius 1 is 1.11 bits per heavy atom. The molecule has 7 nitrogen and oxygen atoms in total. The van der Waals surface area contributed by atoms with Crippen molar-refractivity contribution in [3.05, 3.63) is 71.8 Å². The number of hydrogen-bond donors (Lipinski definition) is 2. The molecule has 1 fully saturated rings. The van der Waals surface area contributed by atoms with Crippen molar-refractivity contribution in [2.45, 2.75) is 25.9 Å². The summed E-state index contributed by atoms with van der Waals surface area (Å²) < 4.78 is 1.91. The zero-order valence-electron chi connectivity index (χ0n) is 15.3. The quantitative estimate of drug-likeness (QED) is 0.540. The summed E-state index contributed by atoms with van der Waals surface area (Å²) in [7, 11) is 0. The normalized spacial score (nSPS) is 17.0. The van der Waals surface area contributed by atoms with Gasteiger partial charge in [0, 0.05) is 35.9 Å². The molecular formula is C21H19N5O2. The Morgan fingerprint density at radius 3 is 2.86 bits per heavy atom. The lowest BCUT2D eigenvalue weighted by Crippen LogP contribution is -2.32. The van der Waals surface area contributed by atoms with Gasteiger partial charge in [-0.1, -0.05) is 24.3 Å². The maximum absolute atomic E-state index is 12.8. The molecule has 140 valence electrons. The van der Waals surface area contributed by atoms with E-state index in [2.05, 4.69) is 15.3 Å². The van der Waals surface area contributed by atoms with Crippen LogP contribution in [0, 0.1) is 6.92 Å². The van der Waals surface area contributed by atoms with Crippen molar-refractivity contribution in [2.24, 2.45) is 0 Å². The van der Waals surface area contributed by atoms with Crippen molar-refractivity contribution in [1.29, 1.82) is 0 Å². The highest BCUT2D eigenvalue weighted by atomic mass is 16.2. The third kappa shape index (κ3) is 2.72. The van der Waals surface area contributed by atoms with Crippen LogP contribution in [0.15, 0.2) is 55.0 Å². The third-order valence-corrected chi connectivity index (χ3v) is 5.17. The Morgan fingerprint density at radius 2 is 1.96 bits per heavy atom. The van der Waals surface area contributed by atoms with Gasteiger partial charge in [0.15, 0.2) is 0 Å². The van der Waals surface area contributed by atoms with E-state index >= 15 is 0 Å². The molecule has 1 saturated heterocycles. The first-order valence-corrected chi connectivity index (χ1v) is 9.19. The molecule has 4 heterocycles. The number of pyridine rings is 1. The Balaban J connectivity index is 1.36. The Hall–Kier alpha value is -3.61. The summed E-state index contributed by atoms with van der Waals surface area (Å²) in [6.45, 7) is 2.17. The molecule has 1 aromatic carbocycles. The van der Waals surface area contributed by atoms with Crippen LogP contribution in [0.3, 0.4) is 0 Å². The van der Waals surface area contributed by atoms with Gasteiger partial charge in [0.25, 0.3) is 5.91 Å². The molecule has 0 bridgehead atoms. The van der Waals surface area contributed by atoms with E-state index < -0.39 is 6.04 Å². The highest BCUT2D eigenvalue weighted by molar-refractivity contribution is 6.04. The van der Waals surface area contributed by atoms with Gasteiger partial charge in [0.2, 0.25) is 0 Å². The average Bonchev–Trinajstić information content (AvgIpc) is 3.34. The number of rotatable bonds is 4. The van der Waals surface area contributed by atoms with Gasteiger partial charge in [-0.2, -0.15) is 0 Å². The van der Waals surface area contributed by atoms with Crippen LogP contribution < -0.4 is 5.32 Å². The average molecular weight is 373 g/mol. The van der Waals surface area contributed by atoms with E-state index in [1.807, 2.05) is 66.3 Å². The summed E-state index contributed by atoms with van der Waals surface area (Å²) in [6.07, 6.45) is 6.18. The molecule has 2 N–H and O–H groups in total. The van der Waals surface area contributed by atoms with E-state index in [-0.39, 0.29) is 18.5 Å². The minimum atomic E-state index is -0.564. The second-order valence-electron chi connectivity index (χ2n) is 7.19. The number of aromatic nitrogens is 3. The fraction of sp³-hybridized carbons (Fsp3) is 0.190. The summed E-state index contributed by atoms with van der Waals surface area (Å²) in [5.74, 6) is -0.219. The number of hydrogen-bond acceptors (Lipinski definition) is 3. The largest absolute Gasteiger partial charge is 0.361 e. The van der Waals surface area contributed by atoms with Crippen LogP contribution in [0.25, 0.3) is 16.6 Å². The van der Waals surface area contributed by atoms with E-state index in [1.165, 1.54) is 4.90 Å². The van der Waals surface area contributed by atoms with Gasteiger partial charge in [-0.05, 0) is 30.2 Å². The minimum Gasteiger partial charge on any atom is -0.361 e. The molecule has 5 rings (SSSR count). The number of aryl methyl sites for hydroxylation is 1. The lowest BCUT2D eigenvalue weighted by molar-refractivity contribution is -0.127. The van der Waals surface area contributed by atoms with Crippen molar-refractivity contribution in [2.75, 3.05) is 0 Å². The monoisotopic (exact) mass is 373 g/mol. The molecule has 3 amide bonds. The first-order chi connectivity index (χ1) is 13.6. The number of carbonyl (C=O) groups is 2. The Kier molecular flexibility index (Phi) is 3.68. The number of imidazole rings is 1. The SMILES string of the molecule is Cc1ccc2nc(CN3C(=O)N[C@H](Cc4c[nH]c5ccccc45)C3=O)cn2c1. The van der Waals surface area contributed by atoms with Gasteiger partial charge in [0.1, 0.15) is 11.7 Å². The van der Waals surface area contributed by atoms with Crippen LogP contribution in [0.5, 0.6) is 0 Å². The number of amides is 3.